The van der Waals surface area contributed by atoms with Gasteiger partial charge in [0.25, 0.3) is 0 Å². The van der Waals surface area contributed by atoms with E-state index in [9.17, 15) is 0 Å². The number of nitrogens with zero attached hydrogens (tertiary/aromatic N) is 3. The first kappa shape index (κ1) is 19.5. The summed E-state index contributed by atoms with van der Waals surface area (Å²) in [6.07, 6.45) is 3.57. The first-order chi connectivity index (χ1) is 14.1. The number of methoxy groups -OCH3 is 1. The molecule has 29 heavy (non-hydrogen) atoms. The Kier molecular flexibility index (Phi) is 5.84. The highest BCUT2D eigenvalue weighted by molar-refractivity contribution is 7.80. The molecule has 2 aromatic rings. The Balaban J connectivity index is 1.41. The molecule has 8 nitrogen and oxygen atoms in total. The van der Waals surface area contributed by atoms with Crippen molar-refractivity contribution in [1.82, 2.24) is 15.3 Å². The Bertz CT molecular complexity index is 894. The molecule has 0 saturated carbocycles. The quantitative estimate of drug-likeness (QED) is 0.716. The number of nitrogens with one attached hydrogen (secondary N) is 2. The summed E-state index contributed by atoms with van der Waals surface area (Å²) in [6, 6.07) is 8.12. The minimum Gasteiger partial charge on any atom is -0.481 e. The first-order valence-corrected chi connectivity index (χ1v) is 10.2. The maximum absolute atomic E-state index is 5.42. The number of fused-ring (bicyclic) bond motifs is 1. The maximum atomic E-state index is 5.42. The van der Waals surface area contributed by atoms with Gasteiger partial charge in [-0.3, -0.25) is 0 Å². The topological polar surface area (TPSA) is 80.8 Å². The Hall–Kier alpha value is -2.81. The third-order valence-corrected chi connectivity index (χ3v) is 5.36. The van der Waals surface area contributed by atoms with Gasteiger partial charge in [0.1, 0.15) is 5.82 Å². The van der Waals surface area contributed by atoms with Crippen molar-refractivity contribution in [3.05, 3.63) is 29.8 Å². The zero-order valence-electron chi connectivity index (χ0n) is 16.6. The fourth-order valence-corrected chi connectivity index (χ4v) is 3.70. The molecule has 4 rings (SSSR count). The molecule has 9 heteroatoms. The molecule has 1 aromatic carbocycles. The third-order valence-electron chi connectivity index (χ3n) is 5.11. The Morgan fingerprint density at radius 3 is 2.93 bits per heavy atom. The molecule has 1 saturated heterocycles. The molecule has 0 bridgehead atoms. The number of anilines is 2. The Labute approximate surface area is 175 Å². The zero-order chi connectivity index (χ0) is 20.2. The number of ether oxygens (including phenoxy) is 3. The van der Waals surface area contributed by atoms with Gasteiger partial charge < -0.3 is 29.7 Å². The largest absolute Gasteiger partial charge is 0.481 e. The highest BCUT2D eigenvalue weighted by Crippen LogP contribution is 2.32. The zero-order valence-corrected chi connectivity index (χ0v) is 17.4. The van der Waals surface area contributed by atoms with E-state index < -0.39 is 0 Å². The van der Waals surface area contributed by atoms with E-state index in [4.69, 9.17) is 26.4 Å². The van der Waals surface area contributed by atoms with E-state index >= 15 is 0 Å². The summed E-state index contributed by atoms with van der Waals surface area (Å²) in [5.41, 5.74) is 1.03. The van der Waals surface area contributed by atoms with Crippen LogP contribution in [0.2, 0.25) is 0 Å². The van der Waals surface area contributed by atoms with Crippen molar-refractivity contribution < 1.29 is 14.2 Å². The molecule has 154 valence electrons. The van der Waals surface area contributed by atoms with Gasteiger partial charge in [0, 0.05) is 25.2 Å². The van der Waals surface area contributed by atoms with E-state index in [-0.39, 0.29) is 6.79 Å². The maximum Gasteiger partial charge on any atom is 0.234 e. The lowest BCUT2D eigenvalue weighted by atomic mass is 10.0. The predicted molar refractivity (Wildman–Crippen MR) is 115 cm³/mol. The minimum atomic E-state index is 0.261. The number of benzene rings is 1. The van der Waals surface area contributed by atoms with Crippen molar-refractivity contribution in [2.45, 2.75) is 38.8 Å². The smallest absolute Gasteiger partial charge is 0.234 e. The summed E-state index contributed by atoms with van der Waals surface area (Å²) in [7, 11) is 1.60. The number of thiocarbonyl (C=S) groups is 1. The SMILES string of the molecule is COc1cc(N2CCCC[C@H]2C)nc(NC(=S)NCc2ccc3c(c2)OCO3)n1. The van der Waals surface area contributed by atoms with Crippen molar-refractivity contribution in [3.8, 4) is 17.4 Å². The molecule has 0 radical (unpaired) electrons. The molecule has 0 unspecified atom stereocenters. The summed E-state index contributed by atoms with van der Waals surface area (Å²) in [5.74, 6) is 3.29. The summed E-state index contributed by atoms with van der Waals surface area (Å²) >= 11 is 5.42. The van der Waals surface area contributed by atoms with Crippen molar-refractivity contribution >= 4 is 29.1 Å². The van der Waals surface area contributed by atoms with Crippen LogP contribution in [0.25, 0.3) is 0 Å². The summed E-state index contributed by atoms with van der Waals surface area (Å²) in [4.78, 5) is 11.3. The Morgan fingerprint density at radius 2 is 2.10 bits per heavy atom. The summed E-state index contributed by atoms with van der Waals surface area (Å²) in [6.45, 7) is 4.01. The fourth-order valence-electron chi connectivity index (χ4n) is 3.54. The van der Waals surface area contributed by atoms with Gasteiger partial charge in [0.05, 0.1) is 7.11 Å². The molecule has 1 atom stereocenters. The Morgan fingerprint density at radius 1 is 1.24 bits per heavy atom. The van der Waals surface area contributed by atoms with Crippen molar-refractivity contribution in [1.29, 1.82) is 0 Å². The van der Waals surface area contributed by atoms with Gasteiger partial charge >= 0.3 is 0 Å². The van der Waals surface area contributed by atoms with Crippen molar-refractivity contribution in [2.75, 3.05) is 30.7 Å². The molecule has 0 amide bonds. The summed E-state index contributed by atoms with van der Waals surface area (Å²) < 4.78 is 16.1. The highest BCUT2D eigenvalue weighted by Gasteiger charge is 2.21. The highest BCUT2D eigenvalue weighted by atomic mass is 32.1. The van der Waals surface area contributed by atoms with Crippen molar-refractivity contribution in [3.63, 3.8) is 0 Å². The lowest BCUT2D eigenvalue weighted by Gasteiger charge is -2.34. The van der Waals surface area contributed by atoms with Gasteiger partial charge in [-0.2, -0.15) is 9.97 Å². The monoisotopic (exact) mass is 415 g/mol. The average molecular weight is 416 g/mol. The number of hydrogen-bond donors (Lipinski definition) is 2. The second kappa shape index (κ2) is 8.69. The van der Waals surface area contributed by atoms with E-state index in [1.165, 1.54) is 6.42 Å². The molecule has 2 aliphatic rings. The molecule has 1 fully saturated rings. The van der Waals surface area contributed by atoms with Gasteiger partial charge in [0.15, 0.2) is 16.6 Å². The van der Waals surface area contributed by atoms with E-state index in [0.29, 0.717) is 29.5 Å². The van der Waals surface area contributed by atoms with Crippen LogP contribution in [0, 0.1) is 0 Å². The molecule has 2 N–H and O–H groups in total. The van der Waals surface area contributed by atoms with E-state index in [1.54, 1.807) is 7.11 Å². The van der Waals surface area contributed by atoms with Crippen LogP contribution in [-0.2, 0) is 6.54 Å². The molecule has 0 spiro atoms. The average Bonchev–Trinajstić information content (AvgIpc) is 3.20. The van der Waals surface area contributed by atoms with Gasteiger partial charge in [-0.05, 0) is 56.1 Å². The van der Waals surface area contributed by atoms with Crippen LogP contribution in [-0.4, -0.2) is 41.6 Å². The number of aromatic nitrogens is 2. The second-order valence-electron chi connectivity index (χ2n) is 7.13. The fraction of sp³-hybridized carbons (Fsp3) is 0.450. The van der Waals surface area contributed by atoms with Gasteiger partial charge in [-0.25, -0.2) is 0 Å². The number of hydrogen-bond acceptors (Lipinski definition) is 7. The minimum absolute atomic E-state index is 0.261. The normalized spacial score (nSPS) is 17.7. The van der Waals surface area contributed by atoms with Crippen LogP contribution >= 0.6 is 12.2 Å². The third kappa shape index (κ3) is 4.61. The molecular formula is C20H25N5O3S. The van der Waals surface area contributed by atoms with Crippen molar-refractivity contribution in [2.24, 2.45) is 0 Å². The predicted octanol–water partition coefficient (Wildman–Crippen LogP) is 3.08. The van der Waals surface area contributed by atoms with Crippen LogP contribution < -0.4 is 29.7 Å². The van der Waals surface area contributed by atoms with Crippen LogP contribution in [0.15, 0.2) is 24.3 Å². The number of piperidine rings is 1. The van der Waals surface area contributed by atoms with E-state index in [2.05, 4.69) is 32.4 Å². The lowest BCUT2D eigenvalue weighted by Crippen LogP contribution is -2.38. The first-order valence-electron chi connectivity index (χ1n) is 9.75. The van der Waals surface area contributed by atoms with Crippen LogP contribution in [0.4, 0.5) is 11.8 Å². The standard InChI is InChI=1S/C20H25N5O3S/c1-13-5-3-4-8-25(13)17-10-18(26-2)23-19(22-17)24-20(29)21-11-14-6-7-15-16(9-14)28-12-27-15/h6-7,9-10,13H,3-5,8,11-12H2,1-2H3,(H2,21,22,23,24,29)/t13-/m1/s1. The molecule has 1 aromatic heterocycles. The van der Waals surface area contributed by atoms with Gasteiger partial charge in [-0.15, -0.1) is 0 Å². The molecule has 2 aliphatic heterocycles. The van der Waals surface area contributed by atoms with E-state index in [0.717, 1.165) is 42.3 Å². The second-order valence-corrected chi connectivity index (χ2v) is 7.53. The molecule has 0 aliphatic carbocycles. The van der Waals surface area contributed by atoms with Gasteiger partial charge in [-0.1, -0.05) is 6.07 Å². The molecule has 3 heterocycles. The molecular weight excluding hydrogens is 390 g/mol. The van der Waals surface area contributed by atoms with Gasteiger partial charge in [0.2, 0.25) is 18.6 Å². The number of rotatable bonds is 5. The van der Waals surface area contributed by atoms with Crippen LogP contribution in [0.5, 0.6) is 17.4 Å². The van der Waals surface area contributed by atoms with Crippen LogP contribution in [0.3, 0.4) is 0 Å². The summed E-state index contributed by atoms with van der Waals surface area (Å²) in [5, 5.41) is 6.68. The van der Waals surface area contributed by atoms with Crippen LogP contribution in [0.1, 0.15) is 31.7 Å². The lowest BCUT2D eigenvalue weighted by molar-refractivity contribution is 0.174. The van der Waals surface area contributed by atoms with E-state index in [1.807, 2.05) is 24.3 Å².